The second-order valence-corrected chi connectivity index (χ2v) is 9.63. The number of rotatable bonds is 5. The summed E-state index contributed by atoms with van der Waals surface area (Å²) in [6, 6.07) is 5.05. The third kappa shape index (κ3) is 4.55. The highest BCUT2D eigenvalue weighted by molar-refractivity contribution is 7.84. The van der Waals surface area contributed by atoms with Gasteiger partial charge in [-0.25, -0.2) is 13.3 Å². The van der Waals surface area contributed by atoms with Crippen LogP contribution in [0.2, 0.25) is 0 Å². The molecule has 0 aliphatic carbocycles. The maximum atomic E-state index is 14.7. The lowest BCUT2D eigenvalue weighted by atomic mass is 9.94. The van der Waals surface area contributed by atoms with Gasteiger partial charge >= 0.3 is 0 Å². The summed E-state index contributed by atoms with van der Waals surface area (Å²) in [6.45, 7) is 13.2. The van der Waals surface area contributed by atoms with E-state index < -0.39 is 11.0 Å². The Morgan fingerprint density at radius 1 is 1.25 bits per heavy atom. The highest BCUT2D eigenvalue weighted by Gasteiger charge is 2.29. The fourth-order valence-electron chi connectivity index (χ4n) is 2.86. The zero-order valence-corrected chi connectivity index (χ0v) is 16.2. The quantitative estimate of drug-likeness (QED) is 0.853. The van der Waals surface area contributed by atoms with Crippen LogP contribution in [0.25, 0.3) is 0 Å². The van der Waals surface area contributed by atoms with Crippen molar-refractivity contribution in [3.8, 4) is 0 Å². The zero-order valence-electron chi connectivity index (χ0n) is 15.4. The van der Waals surface area contributed by atoms with Gasteiger partial charge < -0.3 is 10.2 Å². The molecular formula is C18H30FN3OS. The number of nitrogens with one attached hydrogen (secondary N) is 2. The molecular weight excluding hydrogens is 325 g/mol. The van der Waals surface area contributed by atoms with Crippen LogP contribution in [0.4, 0.5) is 10.1 Å². The van der Waals surface area contributed by atoms with Gasteiger partial charge in [-0.05, 0) is 38.3 Å². The van der Waals surface area contributed by atoms with Crippen LogP contribution in [0, 0.1) is 11.7 Å². The number of nitrogens with zero attached hydrogens (tertiary/aromatic N) is 1. The molecule has 2 rings (SSSR count). The number of piperazine rings is 1. The first-order valence-corrected chi connectivity index (χ1v) is 9.79. The average Bonchev–Trinajstić information content (AvgIpc) is 2.51. The van der Waals surface area contributed by atoms with E-state index in [4.69, 9.17) is 0 Å². The Morgan fingerprint density at radius 3 is 2.42 bits per heavy atom. The highest BCUT2D eigenvalue weighted by Crippen LogP contribution is 2.34. The van der Waals surface area contributed by atoms with Gasteiger partial charge in [0.15, 0.2) is 0 Å². The minimum Gasteiger partial charge on any atom is -0.366 e. The second kappa shape index (κ2) is 7.93. The van der Waals surface area contributed by atoms with Crippen LogP contribution in [0.1, 0.15) is 46.2 Å². The smallest absolute Gasteiger partial charge is 0.146 e. The molecule has 2 atom stereocenters. The lowest BCUT2D eigenvalue weighted by molar-refractivity contribution is 0.467. The molecule has 6 heteroatoms. The van der Waals surface area contributed by atoms with Gasteiger partial charge in [0.25, 0.3) is 0 Å². The second-order valence-electron chi connectivity index (χ2n) is 7.64. The Bertz CT molecular complexity index is 580. The maximum absolute atomic E-state index is 14.7. The Balaban J connectivity index is 2.39. The number of benzene rings is 1. The molecule has 1 saturated heterocycles. The van der Waals surface area contributed by atoms with Crippen LogP contribution in [0.15, 0.2) is 18.2 Å². The molecule has 136 valence electrons. The Labute approximate surface area is 147 Å². The molecule has 1 aromatic carbocycles. The number of hydrogen-bond donors (Lipinski definition) is 2. The van der Waals surface area contributed by atoms with E-state index in [1.807, 2.05) is 26.8 Å². The zero-order chi connectivity index (χ0) is 17.9. The van der Waals surface area contributed by atoms with E-state index in [9.17, 15) is 8.60 Å². The summed E-state index contributed by atoms with van der Waals surface area (Å²) in [5.41, 5.74) is 1.54. The number of para-hydroxylation sites is 1. The normalized spacial score (nSPS) is 18.7. The van der Waals surface area contributed by atoms with E-state index in [-0.39, 0.29) is 22.5 Å². The molecule has 1 aliphatic rings. The van der Waals surface area contributed by atoms with E-state index in [0.717, 1.165) is 31.7 Å². The lowest BCUT2D eigenvalue weighted by Crippen LogP contribution is -2.45. The maximum Gasteiger partial charge on any atom is 0.146 e. The first-order valence-electron chi connectivity index (χ1n) is 8.64. The summed E-state index contributed by atoms with van der Waals surface area (Å²) >= 11 is 0. The van der Waals surface area contributed by atoms with Crippen molar-refractivity contribution >= 4 is 16.7 Å². The van der Waals surface area contributed by atoms with Crippen molar-refractivity contribution in [1.82, 2.24) is 10.0 Å². The van der Waals surface area contributed by atoms with Gasteiger partial charge in [0.2, 0.25) is 0 Å². The SMILES string of the molecule is CC(C)[C@H](NS(=O)C(C)(C)C)c1cccc(F)c1N1CCNCC1. The predicted octanol–water partition coefficient (Wildman–Crippen LogP) is 2.98. The number of hydrogen-bond acceptors (Lipinski definition) is 3. The molecule has 1 unspecified atom stereocenters. The molecule has 1 fully saturated rings. The van der Waals surface area contributed by atoms with E-state index in [2.05, 4.69) is 28.8 Å². The first kappa shape index (κ1) is 19.3. The van der Waals surface area contributed by atoms with E-state index in [1.54, 1.807) is 6.07 Å². The Hall–Kier alpha value is -0.980. The topological polar surface area (TPSA) is 44.4 Å². The van der Waals surface area contributed by atoms with Crippen LogP contribution in [0.3, 0.4) is 0 Å². The van der Waals surface area contributed by atoms with Crippen LogP contribution in [-0.2, 0) is 11.0 Å². The first-order chi connectivity index (χ1) is 11.2. The molecule has 0 bridgehead atoms. The van der Waals surface area contributed by atoms with Crippen molar-refractivity contribution in [2.75, 3.05) is 31.1 Å². The molecule has 1 heterocycles. The van der Waals surface area contributed by atoms with Crippen molar-refractivity contribution in [2.24, 2.45) is 5.92 Å². The van der Waals surface area contributed by atoms with Crippen molar-refractivity contribution in [2.45, 2.75) is 45.4 Å². The number of anilines is 1. The van der Waals surface area contributed by atoms with Crippen LogP contribution < -0.4 is 14.9 Å². The van der Waals surface area contributed by atoms with Crippen LogP contribution in [0.5, 0.6) is 0 Å². The molecule has 4 nitrogen and oxygen atoms in total. The summed E-state index contributed by atoms with van der Waals surface area (Å²) in [6.07, 6.45) is 0. The van der Waals surface area contributed by atoms with Crippen molar-refractivity contribution in [3.05, 3.63) is 29.6 Å². The largest absolute Gasteiger partial charge is 0.366 e. The van der Waals surface area contributed by atoms with Gasteiger partial charge in [0.1, 0.15) is 5.82 Å². The lowest BCUT2D eigenvalue weighted by Gasteiger charge is -2.35. The van der Waals surface area contributed by atoms with Crippen molar-refractivity contribution in [3.63, 3.8) is 0 Å². The highest BCUT2D eigenvalue weighted by atomic mass is 32.2. The summed E-state index contributed by atoms with van der Waals surface area (Å²) in [5, 5.41) is 3.30. The van der Waals surface area contributed by atoms with E-state index >= 15 is 0 Å². The van der Waals surface area contributed by atoms with Gasteiger partial charge in [-0.2, -0.15) is 0 Å². The molecule has 0 spiro atoms. The molecule has 2 N–H and O–H groups in total. The molecule has 0 radical (unpaired) electrons. The van der Waals surface area contributed by atoms with Crippen LogP contribution in [-0.4, -0.2) is 35.1 Å². The van der Waals surface area contributed by atoms with Gasteiger partial charge in [-0.1, -0.05) is 26.0 Å². The van der Waals surface area contributed by atoms with Gasteiger partial charge in [-0.3, -0.25) is 0 Å². The average molecular weight is 356 g/mol. The standard InChI is InChI=1S/C18H30FN3OS/c1-13(2)16(21-24(23)18(3,4)5)14-7-6-8-15(19)17(14)22-11-9-20-10-12-22/h6-8,13,16,20-21H,9-12H2,1-5H3/t16-,24?/m0/s1. The van der Waals surface area contributed by atoms with Gasteiger partial charge in [0.05, 0.1) is 21.4 Å². The fourth-order valence-corrected chi connectivity index (χ4v) is 3.84. The predicted molar refractivity (Wildman–Crippen MR) is 100 cm³/mol. The number of halogens is 1. The molecule has 24 heavy (non-hydrogen) atoms. The van der Waals surface area contributed by atoms with E-state index in [0.29, 0.717) is 5.69 Å². The molecule has 0 aromatic heterocycles. The minimum atomic E-state index is -1.21. The summed E-state index contributed by atoms with van der Waals surface area (Å²) < 4.78 is 30.1. The molecule has 1 aliphatic heterocycles. The summed E-state index contributed by atoms with van der Waals surface area (Å²) in [7, 11) is -1.21. The van der Waals surface area contributed by atoms with Crippen molar-refractivity contribution < 1.29 is 8.60 Å². The third-order valence-corrected chi connectivity index (χ3v) is 5.82. The van der Waals surface area contributed by atoms with Crippen LogP contribution >= 0.6 is 0 Å². The molecule has 0 amide bonds. The summed E-state index contributed by atoms with van der Waals surface area (Å²) in [5.74, 6) is -0.0110. The van der Waals surface area contributed by atoms with E-state index in [1.165, 1.54) is 6.07 Å². The molecule has 1 aromatic rings. The monoisotopic (exact) mass is 355 g/mol. The van der Waals surface area contributed by atoms with Gasteiger partial charge in [0, 0.05) is 32.2 Å². The molecule has 0 saturated carbocycles. The Morgan fingerprint density at radius 2 is 1.88 bits per heavy atom. The minimum absolute atomic E-state index is 0.161. The van der Waals surface area contributed by atoms with Crippen molar-refractivity contribution in [1.29, 1.82) is 0 Å². The summed E-state index contributed by atoms with van der Waals surface area (Å²) in [4.78, 5) is 2.10. The van der Waals surface area contributed by atoms with Gasteiger partial charge in [-0.15, -0.1) is 0 Å². The third-order valence-electron chi connectivity index (χ3n) is 4.24. The Kier molecular flexibility index (Phi) is 6.39. The fraction of sp³-hybridized carbons (Fsp3) is 0.667.